The molecule has 2 aromatic carbocycles. The number of nitrogens with two attached hydrogens (primary N) is 1. The lowest BCUT2D eigenvalue weighted by molar-refractivity contribution is -0.164. The lowest BCUT2D eigenvalue weighted by atomic mass is 9.84. The molecule has 0 aromatic heterocycles. The smallest absolute Gasteiger partial charge is 0.249 e. The molecule has 1 aliphatic rings. The average Bonchev–Trinajstić information content (AvgIpc) is 2.64. The van der Waals surface area contributed by atoms with E-state index in [9.17, 15) is 9.59 Å². The van der Waals surface area contributed by atoms with Gasteiger partial charge in [0.15, 0.2) is 0 Å². The van der Waals surface area contributed by atoms with Crippen LogP contribution in [0.1, 0.15) is 35.6 Å². The van der Waals surface area contributed by atoms with Gasteiger partial charge in [0, 0.05) is 18.1 Å². The molecule has 6 heteroatoms. The van der Waals surface area contributed by atoms with Gasteiger partial charge >= 0.3 is 0 Å². The molecule has 0 bridgehead atoms. The highest BCUT2D eigenvalue weighted by Crippen LogP contribution is 2.33. The fourth-order valence-electron chi connectivity index (χ4n) is 3.99. The molecule has 2 aromatic rings. The van der Waals surface area contributed by atoms with E-state index in [0.717, 1.165) is 22.3 Å². The number of amides is 2. The van der Waals surface area contributed by atoms with Crippen molar-refractivity contribution in [2.45, 2.75) is 45.7 Å². The Bertz CT molecular complexity index is 893. The molecule has 2 N–H and O–H groups in total. The molecule has 1 saturated heterocycles. The minimum absolute atomic E-state index is 0.0273. The molecule has 0 saturated carbocycles. The lowest BCUT2D eigenvalue weighted by Crippen LogP contribution is -2.68. The van der Waals surface area contributed by atoms with Crippen molar-refractivity contribution in [3.05, 3.63) is 69.7 Å². The molecule has 3 rings (SSSR count). The molecule has 0 spiro atoms. The maximum atomic E-state index is 13.3. The maximum absolute atomic E-state index is 13.3. The predicted octanol–water partition coefficient (Wildman–Crippen LogP) is 3.44. The summed E-state index contributed by atoms with van der Waals surface area (Å²) in [6.07, 6.45) is 0.937. The van der Waals surface area contributed by atoms with Crippen molar-refractivity contribution in [1.82, 2.24) is 9.80 Å². The lowest BCUT2D eigenvalue weighted by Gasteiger charge is -2.50. The SMILES string of the molecule is Cc1cc(C)cc(CC(=O)N2CCC2(C)C(=O)N(CN)Cc2ccc(Cl)cc2)c1. The van der Waals surface area contributed by atoms with Gasteiger partial charge in [0.05, 0.1) is 13.1 Å². The fraction of sp³-hybridized carbons (Fsp3) is 0.391. The zero-order valence-electron chi connectivity index (χ0n) is 17.2. The van der Waals surface area contributed by atoms with Crippen LogP contribution in [0, 0.1) is 13.8 Å². The second kappa shape index (κ2) is 8.56. The Balaban J connectivity index is 1.71. The van der Waals surface area contributed by atoms with Gasteiger partial charge < -0.3 is 15.5 Å². The summed E-state index contributed by atoms with van der Waals surface area (Å²) in [6, 6.07) is 13.5. The Kier molecular flexibility index (Phi) is 6.30. The van der Waals surface area contributed by atoms with Crippen LogP contribution in [0.5, 0.6) is 0 Å². The third kappa shape index (κ3) is 4.62. The number of hydrogen-bond acceptors (Lipinski definition) is 3. The van der Waals surface area contributed by atoms with Crippen LogP contribution >= 0.6 is 11.6 Å². The van der Waals surface area contributed by atoms with E-state index >= 15 is 0 Å². The largest absolute Gasteiger partial charge is 0.328 e. The molecule has 1 aliphatic heterocycles. The van der Waals surface area contributed by atoms with Crippen molar-refractivity contribution in [3.63, 3.8) is 0 Å². The Morgan fingerprint density at radius 1 is 1.10 bits per heavy atom. The molecule has 29 heavy (non-hydrogen) atoms. The summed E-state index contributed by atoms with van der Waals surface area (Å²) in [5.74, 6) is -0.143. The summed E-state index contributed by atoms with van der Waals surface area (Å²) < 4.78 is 0. The van der Waals surface area contributed by atoms with E-state index in [1.54, 1.807) is 21.9 Å². The number of nitrogens with zero attached hydrogens (tertiary/aromatic N) is 2. The summed E-state index contributed by atoms with van der Waals surface area (Å²) in [7, 11) is 0. The van der Waals surface area contributed by atoms with Crippen molar-refractivity contribution >= 4 is 23.4 Å². The normalized spacial score (nSPS) is 18.3. The minimum atomic E-state index is -0.845. The van der Waals surface area contributed by atoms with Crippen LogP contribution in [-0.4, -0.2) is 40.4 Å². The van der Waals surface area contributed by atoms with Crippen LogP contribution in [0.4, 0.5) is 0 Å². The van der Waals surface area contributed by atoms with Gasteiger partial charge in [-0.05, 0) is 50.5 Å². The molecule has 1 fully saturated rings. The Morgan fingerprint density at radius 2 is 1.72 bits per heavy atom. The Labute approximate surface area is 177 Å². The molecule has 0 aliphatic carbocycles. The first-order chi connectivity index (χ1) is 13.7. The van der Waals surface area contributed by atoms with Crippen molar-refractivity contribution in [2.75, 3.05) is 13.2 Å². The minimum Gasteiger partial charge on any atom is -0.328 e. The van der Waals surface area contributed by atoms with Gasteiger partial charge in [0.2, 0.25) is 11.8 Å². The van der Waals surface area contributed by atoms with Gasteiger partial charge in [-0.25, -0.2) is 0 Å². The zero-order valence-corrected chi connectivity index (χ0v) is 18.0. The maximum Gasteiger partial charge on any atom is 0.249 e. The zero-order chi connectivity index (χ0) is 21.2. The van der Waals surface area contributed by atoms with Gasteiger partial charge in [-0.3, -0.25) is 9.59 Å². The van der Waals surface area contributed by atoms with Crippen LogP contribution in [-0.2, 0) is 22.6 Å². The highest BCUT2D eigenvalue weighted by molar-refractivity contribution is 6.30. The van der Waals surface area contributed by atoms with Crippen molar-refractivity contribution in [3.8, 4) is 0 Å². The summed E-state index contributed by atoms with van der Waals surface area (Å²) >= 11 is 5.94. The number of hydrogen-bond donors (Lipinski definition) is 1. The number of carbonyl (C=O) groups is 2. The second-order valence-corrected chi connectivity index (χ2v) is 8.49. The van der Waals surface area contributed by atoms with Gasteiger partial charge in [-0.1, -0.05) is 53.1 Å². The van der Waals surface area contributed by atoms with E-state index in [0.29, 0.717) is 31.0 Å². The van der Waals surface area contributed by atoms with Crippen molar-refractivity contribution in [1.29, 1.82) is 0 Å². The van der Waals surface area contributed by atoms with Gasteiger partial charge in [0.1, 0.15) is 5.54 Å². The molecule has 1 unspecified atom stereocenters. The number of likely N-dealkylation sites (tertiary alicyclic amines) is 1. The standard InChI is InChI=1S/C23H28ClN3O2/c1-16-10-17(2)12-19(11-16)13-21(28)27-9-8-23(27,3)22(29)26(15-25)14-18-4-6-20(24)7-5-18/h4-7,10-12H,8-9,13-15,25H2,1-3H3. The highest BCUT2D eigenvalue weighted by atomic mass is 35.5. The van der Waals surface area contributed by atoms with Crippen molar-refractivity contribution < 1.29 is 9.59 Å². The fourth-order valence-corrected chi connectivity index (χ4v) is 4.12. The van der Waals surface area contributed by atoms with E-state index in [1.807, 2.05) is 45.0 Å². The second-order valence-electron chi connectivity index (χ2n) is 8.05. The topological polar surface area (TPSA) is 66.6 Å². The van der Waals surface area contributed by atoms with E-state index in [1.165, 1.54) is 0 Å². The van der Waals surface area contributed by atoms with Crippen LogP contribution < -0.4 is 5.73 Å². The van der Waals surface area contributed by atoms with E-state index < -0.39 is 5.54 Å². The molecule has 0 radical (unpaired) electrons. The Hall–Kier alpha value is -2.37. The predicted molar refractivity (Wildman–Crippen MR) is 115 cm³/mol. The number of aryl methyl sites for hydroxylation is 2. The highest BCUT2D eigenvalue weighted by Gasteiger charge is 2.50. The van der Waals surface area contributed by atoms with Gasteiger partial charge in [-0.2, -0.15) is 0 Å². The Morgan fingerprint density at radius 3 is 2.24 bits per heavy atom. The number of rotatable bonds is 6. The molecular weight excluding hydrogens is 386 g/mol. The van der Waals surface area contributed by atoms with E-state index in [-0.39, 0.29) is 18.5 Å². The van der Waals surface area contributed by atoms with Crippen molar-refractivity contribution in [2.24, 2.45) is 5.73 Å². The average molecular weight is 414 g/mol. The van der Waals surface area contributed by atoms with Crippen LogP contribution in [0.2, 0.25) is 5.02 Å². The first-order valence-electron chi connectivity index (χ1n) is 9.84. The first kappa shape index (κ1) is 21.3. The number of halogens is 1. The third-order valence-electron chi connectivity index (χ3n) is 5.61. The number of carbonyl (C=O) groups excluding carboxylic acids is 2. The van der Waals surface area contributed by atoms with E-state index in [2.05, 4.69) is 6.07 Å². The molecule has 154 valence electrons. The molecule has 1 heterocycles. The summed E-state index contributed by atoms with van der Waals surface area (Å²) in [5, 5.41) is 0.647. The summed E-state index contributed by atoms with van der Waals surface area (Å²) in [6.45, 7) is 6.95. The van der Waals surface area contributed by atoms with Gasteiger partial charge in [0.25, 0.3) is 0 Å². The first-order valence-corrected chi connectivity index (χ1v) is 10.2. The van der Waals surface area contributed by atoms with Crippen LogP contribution in [0.25, 0.3) is 0 Å². The molecule has 1 atom stereocenters. The monoisotopic (exact) mass is 413 g/mol. The van der Waals surface area contributed by atoms with Crippen LogP contribution in [0.3, 0.4) is 0 Å². The van der Waals surface area contributed by atoms with Crippen LogP contribution in [0.15, 0.2) is 42.5 Å². The summed E-state index contributed by atoms with van der Waals surface area (Å²) in [5.41, 5.74) is 9.23. The molecule has 5 nitrogen and oxygen atoms in total. The van der Waals surface area contributed by atoms with E-state index in [4.69, 9.17) is 17.3 Å². The molecular formula is C23H28ClN3O2. The van der Waals surface area contributed by atoms with Gasteiger partial charge in [-0.15, -0.1) is 0 Å². The summed E-state index contributed by atoms with van der Waals surface area (Å²) in [4.78, 5) is 29.5. The quantitative estimate of drug-likeness (QED) is 0.737. The third-order valence-corrected chi connectivity index (χ3v) is 5.86. The molecule has 2 amide bonds. The number of benzene rings is 2.